The smallest absolute Gasteiger partial charge is 0.0845 e. The van der Waals surface area contributed by atoms with Crippen molar-refractivity contribution in [1.82, 2.24) is 4.98 Å². The number of benzene rings is 2. The number of hydrogen-bond acceptors (Lipinski definition) is 2. The van der Waals surface area contributed by atoms with Crippen LogP contribution in [0.3, 0.4) is 0 Å². The number of hydrogen-bond donors (Lipinski definition) is 1. The molecular formula is C17H15NO. The molecule has 94 valence electrons. The SMILES string of the molecule is O[C@H](Cc1nccc2ccccc12)c1ccccc1. The summed E-state index contributed by atoms with van der Waals surface area (Å²) in [5.41, 5.74) is 1.87. The maximum Gasteiger partial charge on any atom is 0.0845 e. The maximum atomic E-state index is 10.3. The first-order valence-corrected chi connectivity index (χ1v) is 6.40. The van der Waals surface area contributed by atoms with E-state index in [9.17, 15) is 5.11 Å². The molecule has 1 N–H and O–H groups in total. The Bertz CT molecular complexity index is 674. The van der Waals surface area contributed by atoms with E-state index in [2.05, 4.69) is 17.1 Å². The number of fused-ring (bicyclic) bond motifs is 1. The van der Waals surface area contributed by atoms with E-state index in [1.54, 1.807) is 6.20 Å². The fourth-order valence-electron chi connectivity index (χ4n) is 2.32. The average molecular weight is 249 g/mol. The number of aliphatic hydroxyl groups excluding tert-OH is 1. The van der Waals surface area contributed by atoms with E-state index in [-0.39, 0.29) is 0 Å². The number of aromatic nitrogens is 1. The van der Waals surface area contributed by atoms with E-state index in [1.165, 1.54) is 0 Å². The second kappa shape index (κ2) is 5.21. The highest BCUT2D eigenvalue weighted by molar-refractivity contribution is 5.84. The highest BCUT2D eigenvalue weighted by atomic mass is 16.3. The summed E-state index contributed by atoms with van der Waals surface area (Å²) in [5.74, 6) is 0. The van der Waals surface area contributed by atoms with Crippen molar-refractivity contribution in [3.05, 3.63) is 78.1 Å². The van der Waals surface area contributed by atoms with Crippen molar-refractivity contribution in [3.8, 4) is 0 Å². The Kier molecular flexibility index (Phi) is 3.25. The molecule has 2 nitrogen and oxygen atoms in total. The van der Waals surface area contributed by atoms with Gasteiger partial charge < -0.3 is 5.11 Å². The minimum atomic E-state index is -0.514. The predicted octanol–water partition coefficient (Wildman–Crippen LogP) is 3.51. The first kappa shape index (κ1) is 11.9. The number of rotatable bonds is 3. The van der Waals surface area contributed by atoms with Crippen LogP contribution in [0.2, 0.25) is 0 Å². The van der Waals surface area contributed by atoms with Crippen LogP contribution in [0, 0.1) is 0 Å². The van der Waals surface area contributed by atoms with Gasteiger partial charge in [-0.3, -0.25) is 4.98 Å². The van der Waals surface area contributed by atoms with Crippen molar-refractivity contribution in [2.45, 2.75) is 12.5 Å². The summed E-state index contributed by atoms with van der Waals surface area (Å²) in [5, 5.41) is 12.6. The van der Waals surface area contributed by atoms with Crippen LogP contribution in [0.5, 0.6) is 0 Å². The van der Waals surface area contributed by atoms with Crippen molar-refractivity contribution < 1.29 is 5.11 Å². The highest BCUT2D eigenvalue weighted by Crippen LogP contribution is 2.22. The summed E-state index contributed by atoms with van der Waals surface area (Å²) in [4.78, 5) is 4.41. The van der Waals surface area contributed by atoms with Crippen LogP contribution in [-0.2, 0) is 6.42 Å². The van der Waals surface area contributed by atoms with Gasteiger partial charge >= 0.3 is 0 Å². The van der Waals surface area contributed by atoms with E-state index >= 15 is 0 Å². The summed E-state index contributed by atoms with van der Waals surface area (Å²) in [7, 11) is 0. The van der Waals surface area contributed by atoms with Crippen LogP contribution >= 0.6 is 0 Å². The standard InChI is InChI=1S/C17H15NO/c19-17(14-7-2-1-3-8-14)12-16-15-9-5-4-6-13(15)10-11-18-16/h1-11,17,19H,12H2/t17-/m1/s1. The molecule has 2 heteroatoms. The summed E-state index contributed by atoms with van der Waals surface area (Å²) in [6, 6.07) is 19.8. The first-order chi connectivity index (χ1) is 9.34. The molecule has 0 radical (unpaired) electrons. The molecule has 0 saturated heterocycles. The second-order valence-corrected chi connectivity index (χ2v) is 4.61. The minimum absolute atomic E-state index is 0.514. The normalized spacial score (nSPS) is 12.5. The Morgan fingerprint density at radius 3 is 2.47 bits per heavy atom. The van der Waals surface area contributed by atoms with Crippen molar-refractivity contribution in [2.24, 2.45) is 0 Å². The fraction of sp³-hybridized carbons (Fsp3) is 0.118. The van der Waals surface area contributed by atoms with Gasteiger partial charge in [0.2, 0.25) is 0 Å². The number of nitrogens with zero attached hydrogens (tertiary/aromatic N) is 1. The van der Waals surface area contributed by atoms with E-state index in [0.29, 0.717) is 6.42 Å². The molecule has 1 heterocycles. The zero-order valence-corrected chi connectivity index (χ0v) is 10.5. The van der Waals surface area contributed by atoms with E-state index in [1.807, 2.05) is 48.5 Å². The third-order valence-corrected chi connectivity index (χ3v) is 3.33. The lowest BCUT2D eigenvalue weighted by atomic mass is 10.0. The largest absolute Gasteiger partial charge is 0.388 e. The third kappa shape index (κ3) is 2.49. The van der Waals surface area contributed by atoms with E-state index in [0.717, 1.165) is 22.0 Å². The maximum absolute atomic E-state index is 10.3. The average Bonchev–Trinajstić information content (AvgIpc) is 2.48. The van der Waals surface area contributed by atoms with Gasteiger partial charge in [-0.1, -0.05) is 54.6 Å². The quantitative estimate of drug-likeness (QED) is 0.770. The molecule has 3 aromatic rings. The van der Waals surface area contributed by atoms with Crippen LogP contribution in [0.15, 0.2) is 66.9 Å². The van der Waals surface area contributed by atoms with E-state index < -0.39 is 6.10 Å². The molecule has 0 aliphatic heterocycles. The fourth-order valence-corrected chi connectivity index (χ4v) is 2.32. The summed E-state index contributed by atoms with van der Waals surface area (Å²) >= 11 is 0. The lowest BCUT2D eigenvalue weighted by molar-refractivity contribution is 0.177. The third-order valence-electron chi connectivity index (χ3n) is 3.33. The van der Waals surface area contributed by atoms with Crippen molar-refractivity contribution in [1.29, 1.82) is 0 Å². The molecule has 0 amide bonds. The lowest BCUT2D eigenvalue weighted by Gasteiger charge is -2.12. The lowest BCUT2D eigenvalue weighted by Crippen LogP contribution is -2.03. The molecule has 2 aromatic carbocycles. The van der Waals surface area contributed by atoms with Crippen molar-refractivity contribution in [2.75, 3.05) is 0 Å². The monoisotopic (exact) mass is 249 g/mol. The Balaban J connectivity index is 1.94. The highest BCUT2D eigenvalue weighted by Gasteiger charge is 2.11. The zero-order valence-electron chi connectivity index (χ0n) is 10.5. The molecule has 1 atom stereocenters. The van der Waals surface area contributed by atoms with Crippen LogP contribution in [0.25, 0.3) is 10.8 Å². The van der Waals surface area contributed by atoms with Crippen LogP contribution in [0.1, 0.15) is 17.4 Å². The van der Waals surface area contributed by atoms with Gasteiger partial charge in [-0.2, -0.15) is 0 Å². The number of aliphatic hydroxyl groups is 1. The van der Waals surface area contributed by atoms with Gasteiger partial charge in [-0.25, -0.2) is 0 Å². The molecule has 0 bridgehead atoms. The van der Waals surface area contributed by atoms with Crippen molar-refractivity contribution >= 4 is 10.8 Å². The molecule has 3 rings (SSSR count). The Hall–Kier alpha value is -2.19. The van der Waals surface area contributed by atoms with Gasteiger partial charge in [-0.15, -0.1) is 0 Å². The molecule has 0 fully saturated rings. The Morgan fingerprint density at radius 2 is 1.63 bits per heavy atom. The molecule has 0 aliphatic rings. The van der Waals surface area contributed by atoms with Gasteiger partial charge in [0.25, 0.3) is 0 Å². The molecule has 0 unspecified atom stereocenters. The van der Waals surface area contributed by atoms with Gasteiger partial charge in [0.1, 0.15) is 0 Å². The van der Waals surface area contributed by atoms with Crippen LogP contribution < -0.4 is 0 Å². The number of pyridine rings is 1. The molecule has 0 aliphatic carbocycles. The molecule has 0 spiro atoms. The summed E-state index contributed by atoms with van der Waals surface area (Å²) in [6.07, 6.45) is 1.82. The zero-order chi connectivity index (χ0) is 13.1. The van der Waals surface area contributed by atoms with Gasteiger partial charge in [0.15, 0.2) is 0 Å². The molecule has 19 heavy (non-hydrogen) atoms. The molecule has 0 saturated carbocycles. The van der Waals surface area contributed by atoms with Gasteiger partial charge in [0.05, 0.1) is 11.8 Å². The minimum Gasteiger partial charge on any atom is -0.388 e. The van der Waals surface area contributed by atoms with Crippen LogP contribution in [0.4, 0.5) is 0 Å². The summed E-state index contributed by atoms with van der Waals surface area (Å²) in [6.45, 7) is 0. The first-order valence-electron chi connectivity index (χ1n) is 6.40. The van der Waals surface area contributed by atoms with Crippen LogP contribution in [-0.4, -0.2) is 10.1 Å². The van der Waals surface area contributed by atoms with Crippen molar-refractivity contribution in [3.63, 3.8) is 0 Å². The topological polar surface area (TPSA) is 33.1 Å². The predicted molar refractivity (Wildman–Crippen MR) is 76.8 cm³/mol. The van der Waals surface area contributed by atoms with Gasteiger partial charge in [0, 0.05) is 18.0 Å². The molecule has 1 aromatic heterocycles. The Labute approximate surface area is 112 Å². The second-order valence-electron chi connectivity index (χ2n) is 4.61. The van der Waals surface area contributed by atoms with Gasteiger partial charge in [-0.05, 0) is 17.0 Å². The summed E-state index contributed by atoms with van der Waals surface area (Å²) < 4.78 is 0. The Morgan fingerprint density at radius 1 is 0.895 bits per heavy atom. The van der Waals surface area contributed by atoms with E-state index in [4.69, 9.17) is 0 Å². The molecular weight excluding hydrogens is 234 g/mol.